The van der Waals surface area contributed by atoms with Crippen molar-refractivity contribution in [3.05, 3.63) is 69.7 Å². The molecular formula is C20H17ClN6O4S2. The molecule has 33 heavy (non-hydrogen) atoms. The molecule has 2 amide bonds. The Morgan fingerprint density at radius 1 is 1.12 bits per heavy atom. The summed E-state index contributed by atoms with van der Waals surface area (Å²) in [6.45, 7) is 0. The van der Waals surface area contributed by atoms with E-state index in [2.05, 4.69) is 15.3 Å². The molecule has 4 rings (SSSR count). The van der Waals surface area contributed by atoms with Crippen LogP contribution in [0.5, 0.6) is 0 Å². The van der Waals surface area contributed by atoms with Crippen molar-refractivity contribution in [3.63, 3.8) is 0 Å². The van der Waals surface area contributed by atoms with Crippen molar-refractivity contribution < 1.29 is 13.2 Å². The first-order chi connectivity index (χ1) is 15.6. The van der Waals surface area contributed by atoms with Crippen LogP contribution in [0, 0.1) is 0 Å². The van der Waals surface area contributed by atoms with E-state index >= 15 is 0 Å². The minimum Gasteiger partial charge on any atom is -0.378 e. The highest BCUT2D eigenvalue weighted by atomic mass is 35.5. The Morgan fingerprint density at radius 2 is 1.91 bits per heavy atom. The second-order valence-corrected chi connectivity index (χ2v) is 10.7. The average molecular weight is 505 g/mol. The van der Waals surface area contributed by atoms with Crippen molar-refractivity contribution in [3.8, 4) is 5.82 Å². The number of thiophene rings is 1. The van der Waals surface area contributed by atoms with Gasteiger partial charge in [0.1, 0.15) is 16.4 Å². The van der Waals surface area contributed by atoms with Crippen LogP contribution >= 0.6 is 22.9 Å². The number of pyridine rings is 1. The van der Waals surface area contributed by atoms with Gasteiger partial charge in [0, 0.05) is 19.8 Å². The van der Waals surface area contributed by atoms with Gasteiger partial charge in [-0.1, -0.05) is 11.6 Å². The smallest absolute Gasteiger partial charge is 0.333 e. The Balaban J connectivity index is 1.52. The second-order valence-electron chi connectivity index (χ2n) is 7.04. The highest BCUT2D eigenvalue weighted by molar-refractivity contribution is 7.92. The van der Waals surface area contributed by atoms with Gasteiger partial charge < -0.3 is 10.2 Å². The quantitative estimate of drug-likeness (QED) is 0.427. The van der Waals surface area contributed by atoms with Gasteiger partial charge in [0.25, 0.3) is 15.6 Å². The summed E-state index contributed by atoms with van der Waals surface area (Å²) in [4.78, 5) is 35.4. The summed E-state index contributed by atoms with van der Waals surface area (Å²) < 4.78 is 27.8. The highest BCUT2D eigenvalue weighted by Gasteiger charge is 2.20. The molecular weight excluding hydrogens is 488 g/mol. The molecule has 4 aromatic rings. The lowest BCUT2D eigenvalue weighted by molar-refractivity contribution is 0.256. The number of benzene rings is 1. The number of urea groups is 1. The van der Waals surface area contributed by atoms with Crippen LogP contribution in [-0.4, -0.2) is 43.1 Å². The topological polar surface area (TPSA) is 126 Å². The number of carbonyl (C=O) groups excluding carboxylic acids is 1. The van der Waals surface area contributed by atoms with Gasteiger partial charge in [-0.3, -0.25) is 9.36 Å². The SMILES string of the molecule is CN(C)c1ccc2c(=O)n(-c3ccc(NC(=O)NS(=O)(=O)c4ccc(Cl)s4)cn3)cnc2c1. The van der Waals surface area contributed by atoms with Gasteiger partial charge in [0.15, 0.2) is 0 Å². The number of nitrogens with zero attached hydrogens (tertiary/aromatic N) is 4. The van der Waals surface area contributed by atoms with Crippen molar-refractivity contribution in [2.24, 2.45) is 0 Å². The molecule has 1 aromatic carbocycles. The summed E-state index contributed by atoms with van der Waals surface area (Å²) in [5.41, 5.74) is 1.42. The number of hydrogen-bond acceptors (Lipinski definition) is 8. The molecule has 0 unspecified atom stereocenters. The van der Waals surface area contributed by atoms with Gasteiger partial charge >= 0.3 is 6.03 Å². The molecule has 0 fully saturated rings. The maximum absolute atomic E-state index is 12.9. The molecule has 13 heteroatoms. The van der Waals surface area contributed by atoms with Crippen LogP contribution in [0.3, 0.4) is 0 Å². The van der Waals surface area contributed by atoms with Crippen LogP contribution in [0.1, 0.15) is 0 Å². The fourth-order valence-corrected chi connectivity index (χ4v) is 5.31. The van der Waals surface area contributed by atoms with Gasteiger partial charge in [-0.25, -0.2) is 27.9 Å². The first-order valence-electron chi connectivity index (χ1n) is 9.38. The van der Waals surface area contributed by atoms with Crippen molar-refractivity contribution in [2.45, 2.75) is 4.21 Å². The number of rotatable bonds is 5. The molecule has 0 saturated heterocycles. The molecule has 0 aliphatic carbocycles. The molecule has 0 saturated carbocycles. The van der Waals surface area contributed by atoms with Crippen LogP contribution in [0.2, 0.25) is 4.34 Å². The molecule has 3 aromatic heterocycles. The van der Waals surface area contributed by atoms with Gasteiger partial charge in [-0.05, 0) is 42.5 Å². The molecule has 3 heterocycles. The predicted molar refractivity (Wildman–Crippen MR) is 128 cm³/mol. The Kier molecular flexibility index (Phi) is 6.06. The fourth-order valence-electron chi connectivity index (χ4n) is 2.92. The first kappa shape index (κ1) is 22.7. The zero-order valence-electron chi connectivity index (χ0n) is 17.3. The monoisotopic (exact) mass is 504 g/mol. The number of carbonyl (C=O) groups is 1. The highest BCUT2D eigenvalue weighted by Crippen LogP contribution is 2.25. The summed E-state index contributed by atoms with van der Waals surface area (Å²) in [5, 5.41) is 2.82. The molecule has 170 valence electrons. The van der Waals surface area contributed by atoms with Crippen LogP contribution in [0.4, 0.5) is 16.2 Å². The third kappa shape index (κ3) is 4.82. The largest absolute Gasteiger partial charge is 0.378 e. The van der Waals surface area contributed by atoms with Gasteiger partial charge in [-0.2, -0.15) is 0 Å². The number of amides is 2. The van der Waals surface area contributed by atoms with E-state index in [-0.39, 0.29) is 25.6 Å². The third-order valence-corrected chi connectivity index (χ3v) is 7.61. The van der Waals surface area contributed by atoms with Crippen molar-refractivity contribution in [2.75, 3.05) is 24.3 Å². The number of hydrogen-bond donors (Lipinski definition) is 2. The van der Waals surface area contributed by atoms with E-state index in [1.165, 1.54) is 41.4 Å². The van der Waals surface area contributed by atoms with E-state index < -0.39 is 16.1 Å². The van der Waals surface area contributed by atoms with E-state index in [1.54, 1.807) is 6.07 Å². The van der Waals surface area contributed by atoms with Gasteiger partial charge in [0.05, 0.1) is 27.1 Å². The minimum atomic E-state index is -4.05. The molecule has 0 bridgehead atoms. The Morgan fingerprint density at radius 3 is 2.55 bits per heavy atom. The van der Waals surface area contributed by atoms with E-state index in [0.717, 1.165) is 17.0 Å². The van der Waals surface area contributed by atoms with Gasteiger partial charge in [-0.15, -0.1) is 11.3 Å². The second kappa shape index (κ2) is 8.81. The lowest BCUT2D eigenvalue weighted by atomic mass is 10.2. The molecule has 0 radical (unpaired) electrons. The Hall–Kier alpha value is -3.48. The predicted octanol–water partition coefficient (Wildman–Crippen LogP) is 3.07. The normalized spacial score (nSPS) is 11.4. The van der Waals surface area contributed by atoms with Gasteiger partial charge in [0.2, 0.25) is 0 Å². The Bertz CT molecular complexity index is 1510. The molecule has 10 nitrogen and oxygen atoms in total. The molecule has 0 spiro atoms. The number of anilines is 2. The molecule has 2 N–H and O–H groups in total. The zero-order chi connectivity index (χ0) is 23.8. The fraction of sp³-hybridized carbons (Fsp3) is 0.100. The standard InChI is InChI=1S/C20H17ClN6O4S2/c1-26(2)13-4-5-14-15(9-13)23-11-27(19(14)28)17-7-3-12(10-22-17)24-20(29)25-33(30,31)18-8-6-16(21)32-18/h3-11H,1-2H3,(H2,24,25,29). The number of sulfonamides is 1. The van der Waals surface area contributed by atoms with E-state index in [9.17, 15) is 18.0 Å². The number of halogens is 1. The lowest BCUT2D eigenvalue weighted by Crippen LogP contribution is -2.34. The van der Waals surface area contributed by atoms with E-state index in [1.807, 2.05) is 35.9 Å². The third-order valence-electron chi connectivity index (χ3n) is 4.55. The molecule has 0 aliphatic heterocycles. The number of nitrogens with one attached hydrogen (secondary N) is 2. The summed E-state index contributed by atoms with van der Waals surface area (Å²) in [5.74, 6) is 0.290. The summed E-state index contributed by atoms with van der Waals surface area (Å²) >= 11 is 6.58. The van der Waals surface area contributed by atoms with Crippen LogP contribution in [0.25, 0.3) is 16.7 Å². The minimum absolute atomic E-state index is 0.0861. The van der Waals surface area contributed by atoms with E-state index in [4.69, 9.17) is 11.6 Å². The van der Waals surface area contributed by atoms with E-state index in [0.29, 0.717) is 10.9 Å². The molecule has 0 aliphatic rings. The maximum atomic E-state index is 12.9. The average Bonchev–Trinajstić information content (AvgIpc) is 3.21. The number of fused-ring (bicyclic) bond motifs is 1. The maximum Gasteiger partial charge on any atom is 0.333 e. The lowest BCUT2D eigenvalue weighted by Gasteiger charge is -2.13. The summed E-state index contributed by atoms with van der Waals surface area (Å²) in [6, 6.07) is 10.1. The zero-order valence-corrected chi connectivity index (χ0v) is 19.7. The summed E-state index contributed by atoms with van der Waals surface area (Å²) in [7, 11) is -0.254. The first-order valence-corrected chi connectivity index (χ1v) is 12.1. The van der Waals surface area contributed by atoms with Crippen LogP contribution < -0.4 is 20.5 Å². The van der Waals surface area contributed by atoms with Crippen LogP contribution in [-0.2, 0) is 10.0 Å². The van der Waals surface area contributed by atoms with Crippen molar-refractivity contribution in [1.82, 2.24) is 19.3 Å². The van der Waals surface area contributed by atoms with Crippen LogP contribution in [0.15, 0.2) is 64.0 Å². The van der Waals surface area contributed by atoms with Crippen molar-refractivity contribution >= 4 is 61.3 Å². The Labute approximate surface area is 197 Å². The molecule has 0 atom stereocenters. The summed E-state index contributed by atoms with van der Waals surface area (Å²) in [6.07, 6.45) is 2.68. The van der Waals surface area contributed by atoms with Crippen molar-refractivity contribution in [1.29, 1.82) is 0 Å². The number of aromatic nitrogens is 3.